The Bertz CT molecular complexity index is 870. The van der Waals surface area contributed by atoms with Gasteiger partial charge in [-0.05, 0) is 42.3 Å². The third-order valence-corrected chi connectivity index (χ3v) is 5.92. The molecule has 0 unspecified atom stereocenters. The lowest BCUT2D eigenvalue weighted by atomic mass is 10.1. The molecule has 0 aliphatic carbocycles. The molecule has 2 aromatic rings. The van der Waals surface area contributed by atoms with E-state index in [0.717, 1.165) is 5.56 Å². The Balaban J connectivity index is 2.39. The third kappa shape index (κ3) is 4.49. The van der Waals surface area contributed by atoms with Gasteiger partial charge in [0.1, 0.15) is 10.6 Å². The van der Waals surface area contributed by atoms with E-state index in [1.165, 1.54) is 13.2 Å². The van der Waals surface area contributed by atoms with Gasteiger partial charge in [0, 0.05) is 10.5 Å². The molecule has 6 nitrogen and oxygen atoms in total. The minimum absolute atomic E-state index is 0.0771. The molecule has 0 aromatic heterocycles. The summed E-state index contributed by atoms with van der Waals surface area (Å²) in [4.78, 5) is 0.0771. The first-order valence-corrected chi connectivity index (χ1v) is 10.2. The van der Waals surface area contributed by atoms with E-state index in [1.807, 2.05) is 13.0 Å². The Morgan fingerprint density at radius 2 is 1.58 bits per heavy atom. The predicted molar refractivity (Wildman–Crippen MR) is 104 cm³/mol. The van der Waals surface area contributed by atoms with Crippen LogP contribution in [0.25, 0.3) is 0 Å². The number of hydrogen-bond donors (Lipinski definition) is 1. The number of halogens is 1. The van der Waals surface area contributed by atoms with Gasteiger partial charge in [0.2, 0.25) is 10.0 Å². The number of ether oxygens (including phenoxy) is 3. The highest BCUT2D eigenvalue weighted by Gasteiger charge is 2.24. The Hall–Kier alpha value is -1.77. The molecule has 0 spiro atoms. The lowest BCUT2D eigenvalue weighted by Crippen LogP contribution is -2.28. The molecule has 142 valence electrons. The first-order chi connectivity index (χ1) is 12.4. The van der Waals surface area contributed by atoms with Gasteiger partial charge in [0.05, 0.1) is 21.3 Å². The zero-order chi connectivity index (χ0) is 19.3. The van der Waals surface area contributed by atoms with Crippen molar-refractivity contribution in [3.63, 3.8) is 0 Å². The van der Waals surface area contributed by atoms with Crippen LogP contribution in [0, 0.1) is 0 Å². The van der Waals surface area contributed by atoms with Crippen molar-refractivity contribution in [3.8, 4) is 17.2 Å². The van der Waals surface area contributed by atoms with Gasteiger partial charge in [-0.1, -0.05) is 28.9 Å². The van der Waals surface area contributed by atoms with Crippen LogP contribution < -0.4 is 18.9 Å². The standard InChI is InChI=1S/C18H22BrNO5S/c1-5-14(12-6-8-15(23-2)17(10-12)25-4)20-26(21,22)18-11-13(19)7-9-16(18)24-3/h6-11,14,20H,5H2,1-4H3/t14-/m1/s1. The predicted octanol–water partition coefficient (Wildman–Crippen LogP) is 3.90. The fraction of sp³-hybridized carbons (Fsp3) is 0.333. The van der Waals surface area contributed by atoms with Crippen LogP contribution >= 0.6 is 15.9 Å². The van der Waals surface area contributed by atoms with E-state index in [9.17, 15) is 8.42 Å². The number of hydrogen-bond acceptors (Lipinski definition) is 5. The average molecular weight is 444 g/mol. The maximum Gasteiger partial charge on any atom is 0.244 e. The fourth-order valence-corrected chi connectivity index (χ4v) is 4.58. The van der Waals surface area contributed by atoms with Crippen molar-refractivity contribution in [2.45, 2.75) is 24.3 Å². The molecule has 0 amide bonds. The minimum atomic E-state index is -3.80. The molecule has 0 fully saturated rings. The molecule has 0 saturated carbocycles. The summed E-state index contributed by atoms with van der Waals surface area (Å²) in [6, 6.07) is 9.76. The molecule has 8 heteroatoms. The van der Waals surface area contributed by atoms with Crippen LogP contribution in [0.4, 0.5) is 0 Å². The van der Waals surface area contributed by atoms with Crippen LogP contribution in [0.1, 0.15) is 24.9 Å². The van der Waals surface area contributed by atoms with Crippen molar-refractivity contribution in [1.29, 1.82) is 0 Å². The molecule has 0 radical (unpaired) electrons. The number of rotatable bonds is 8. The highest BCUT2D eigenvalue weighted by atomic mass is 79.9. The molecule has 2 rings (SSSR count). The first kappa shape index (κ1) is 20.5. The van der Waals surface area contributed by atoms with Gasteiger partial charge in [-0.2, -0.15) is 0 Å². The highest BCUT2D eigenvalue weighted by Crippen LogP contribution is 2.33. The van der Waals surface area contributed by atoms with Crippen molar-refractivity contribution in [2.75, 3.05) is 21.3 Å². The molecule has 0 aliphatic heterocycles. The van der Waals surface area contributed by atoms with Gasteiger partial charge in [0.25, 0.3) is 0 Å². The van der Waals surface area contributed by atoms with Gasteiger partial charge in [0.15, 0.2) is 11.5 Å². The van der Waals surface area contributed by atoms with E-state index < -0.39 is 16.1 Å². The third-order valence-electron chi connectivity index (χ3n) is 3.93. The quantitative estimate of drug-likeness (QED) is 0.669. The molecule has 2 aromatic carbocycles. The largest absolute Gasteiger partial charge is 0.495 e. The lowest BCUT2D eigenvalue weighted by Gasteiger charge is -2.20. The normalized spacial score (nSPS) is 12.5. The van der Waals surface area contributed by atoms with Crippen LogP contribution in [0.2, 0.25) is 0 Å². The highest BCUT2D eigenvalue weighted by molar-refractivity contribution is 9.10. The molecule has 1 atom stereocenters. The second-order valence-electron chi connectivity index (χ2n) is 5.49. The van der Waals surface area contributed by atoms with Crippen molar-refractivity contribution < 1.29 is 22.6 Å². The van der Waals surface area contributed by atoms with Crippen LogP contribution in [0.5, 0.6) is 17.2 Å². The summed E-state index contributed by atoms with van der Waals surface area (Å²) in [5, 5.41) is 0. The summed E-state index contributed by atoms with van der Waals surface area (Å²) in [7, 11) is 0.735. The second-order valence-corrected chi connectivity index (χ2v) is 8.09. The molecule has 0 bridgehead atoms. The van der Waals surface area contributed by atoms with Gasteiger partial charge < -0.3 is 14.2 Å². The molecular formula is C18H22BrNO5S. The zero-order valence-electron chi connectivity index (χ0n) is 15.1. The van der Waals surface area contributed by atoms with E-state index in [1.54, 1.807) is 38.5 Å². The van der Waals surface area contributed by atoms with Gasteiger partial charge in [-0.3, -0.25) is 0 Å². The average Bonchev–Trinajstić information content (AvgIpc) is 2.65. The lowest BCUT2D eigenvalue weighted by molar-refractivity contribution is 0.354. The SMILES string of the molecule is CC[C@@H](NS(=O)(=O)c1cc(Br)ccc1OC)c1ccc(OC)c(OC)c1. The summed E-state index contributed by atoms with van der Waals surface area (Å²) >= 11 is 3.30. The Labute approximate surface area is 162 Å². The van der Waals surface area contributed by atoms with Crippen LogP contribution in [-0.2, 0) is 10.0 Å². The molecule has 0 aliphatic rings. The number of nitrogens with one attached hydrogen (secondary N) is 1. The number of benzene rings is 2. The van der Waals surface area contributed by atoms with Gasteiger partial charge >= 0.3 is 0 Å². The van der Waals surface area contributed by atoms with E-state index in [4.69, 9.17) is 14.2 Å². The number of sulfonamides is 1. The van der Waals surface area contributed by atoms with Crippen LogP contribution in [0.15, 0.2) is 45.8 Å². The fourth-order valence-electron chi connectivity index (χ4n) is 2.57. The summed E-state index contributed by atoms with van der Waals surface area (Å²) in [6.07, 6.45) is 0.561. The first-order valence-electron chi connectivity index (χ1n) is 7.94. The summed E-state index contributed by atoms with van der Waals surface area (Å²) in [6.45, 7) is 1.90. The Morgan fingerprint density at radius 3 is 2.15 bits per heavy atom. The topological polar surface area (TPSA) is 73.9 Å². The van der Waals surface area contributed by atoms with Crippen molar-refractivity contribution >= 4 is 26.0 Å². The molecule has 26 heavy (non-hydrogen) atoms. The molecule has 0 heterocycles. The van der Waals surface area contributed by atoms with Crippen LogP contribution in [0.3, 0.4) is 0 Å². The maximum absolute atomic E-state index is 12.9. The minimum Gasteiger partial charge on any atom is -0.495 e. The summed E-state index contributed by atoms with van der Waals surface area (Å²) < 4.78 is 45.0. The van der Waals surface area contributed by atoms with Crippen molar-refractivity contribution in [1.82, 2.24) is 4.72 Å². The number of methoxy groups -OCH3 is 3. The van der Waals surface area contributed by atoms with E-state index in [2.05, 4.69) is 20.7 Å². The smallest absolute Gasteiger partial charge is 0.244 e. The molecular weight excluding hydrogens is 422 g/mol. The second kappa shape index (κ2) is 8.75. The van der Waals surface area contributed by atoms with E-state index in [0.29, 0.717) is 22.4 Å². The van der Waals surface area contributed by atoms with E-state index in [-0.39, 0.29) is 10.6 Å². The molecule has 1 N–H and O–H groups in total. The van der Waals surface area contributed by atoms with Crippen LogP contribution in [-0.4, -0.2) is 29.7 Å². The molecule has 0 saturated heterocycles. The van der Waals surface area contributed by atoms with Crippen molar-refractivity contribution in [3.05, 3.63) is 46.4 Å². The van der Waals surface area contributed by atoms with Gasteiger partial charge in [-0.25, -0.2) is 13.1 Å². The summed E-state index contributed by atoms with van der Waals surface area (Å²) in [5.74, 6) is 1.41. The summed E-state index contributed by atoms with van der Waals surface area (Å²) in [5.41, 5.74) is 0.780. The Kier molecular flexibility index (Phi) is 6.91. The van der Waals surface area contributed by atoms with Gasteiger partial charge in [-0.15, -0.1) is 0 Å². The maximum atomic E-state index is 12.9. The monoisotopic (exact) mass is 443 g/mol. The Morgan fingerprint density at radius 1 is 0.962 bits per heavy atom. The van der Waals surface area contributed by atoms with Crippen molar-refractivity contribution in [2.24, 2.45) is 0 Å². The zero-order valence-corrected chi connectivity index (χ0v) is 17.5. The van der Waals surface area contributed by atoms with E-state index >= 15 is 0 Å².